The SMILES string of the molecule is CN1CN(CC(=O)NNc2c(Cl)cc(Cl)cc2Cl)CSC1=S. The number of hydrogen-bond donors (Lipinski definition) is 2. The van der Waals surface area contributed by atoms with Crippen LogP contribution in [-0.2, 0) is 4.79 Å². The first-order valence-electron chi connectivity index (χ1n) is 6.16. The Balaban J connectivity index is 1.87. The van der Waals surface area contributed by atoms with E-state index in [9.17, 15) is 4.79 Å². The van der Waals surface area contributed by atoms with Crippen LogP contribution in [0, 0.1) is 0 Å². The van der Waals surface area contributed by atoms with E-state index in [4.69, 9.17) is 47.0 Å². The molecule has 1 saturated heterocycles. The third kappa shape index (κ3) is 4.78. The van der Waals surface area contributed by atoms with Gasteiger partial charge >= 0.3 is 0 Å². The number of thiocarbonyl (C=S) groups is 1. The number of nitrogens with zero attached hydrogens (tertiary/aromatic N) is 2. The average Bonchev–Trinajstić information content (AvgIpc) is 2.41. The minimum Gasteiger partial charge on any atom is -0.348 e. The third-order valence-electron chi connectivity index (χ3n) is 2.80. The molecule has 1 fully saturated rings. The summed E-state index contributed by atoms with van der Waals surface area (Å²) in [5.74, 6) is 0.475. The van der Waals surface area contributed by atoms with Gasteiger partial charge in [-0.3, -0.25) is 20.5 Å². The molecular formula is C12H13Cl3N4OS2. The van der Waals surface area contributed by atoms with E-state index < -0.39 is 0 Å². The maximum atomic E-state index is 12.0. The first-order chi connectivity index (χ1) is 10.4. The molecular weight excluding hydrogens is 387 g/mol. The molecule has 120 valence electrons. The van der Waals surface area contributed by atoms with Crippen LogP contribution in [0.2, 0.25) is 15.1 Å². The highest BCUT2D eigenvalue weighted by Gasteiger charge is 2.20. The Morgan fingerprint density at radius 1 is 1.36 bits per heavy atom. The lowest BCUT2D eigenvalue weighted by molar-refractivity contribution is -0.121. The van der Waals surface area contributed by atoms with E-state index in [1.165, 1.54) is 11.8 Å². The summed E-state index contributed by atoms with van der Waals surface area (Å²) in [6.45, 7) is 0.845. The minimum atomic E-state index is -0.205. The van der Waals surface area contributed by atoms with Crippen molar-refractivity contribution in [1.82, 2.24) is 15.2 Å². The Labute approximate surface area is 153 Å². The monoisotopic (exact) mass is 398 g/mol. The molecule has 1 aliphatic heterocycles. The normalized spacial score (nSPS) is 15.8. The fourth-order valence-corrected chi connectivity index (χ4v) is 3.66. The molecule has 10 heteroatoms. The summed E-state index contributed by atoms with van der Waals surface area (Å²) in [5, 5.41) is 1.09. The van der Waals surface area contributed by atoms with Crippen LogP contribution in [0.3, 0.4) is 0 Å². The second-order valence-electron chi connectivity index (χ2n) is 4.63. The average molecular weight is 400 g/mol. The number of carbonyl (C=O) groups is 1. The lowest BCUT2D eigenvalue weighted by Gasteiger charge is -2.33. The van der Waals surface area contributed by atoms with E-state index in [0.29, 0.717) is 33.3 Å². The van der Waals surface area contributed by atoms with Crippen LogP contribution in [-0.4, -0.2) is 46.2 Å². The van der Waals surface area contributed by atoms with Crippen molar-refractivity contribution in [1.29, 1.82) is 0 Å². The van der Waals surface area contributed by atoms with Gasteiger partial charge in [0.25, 0.3) is 5.91 Å². The van der Waals surface area contributed by atoms with Crippen molar-refractivity contribution in [2.45, 2.75) is 0 Å². The summed E-state index contributed by atoms with van der Waals surface area (Å²) in [4.78, 5) is 15.8. The fourth-order valence-electron chi connectivity index (χ4n) is 1.79. The maximum absolute atomic E-state index is 12.0. The Hall–Kier alpha value is -0.440. The van der Waals surface area contributed by atoms with Crippen LogP contribution in [0.25, 0.3) is 0 Å². The van der Waals surface area contributed by atoms with Crippen LogP contribution in [0.1, 0.15) is 0 Å². The van der Waals surface area contributed by atoms with Crippen LogP contribution in [0.5, 0.6) is 0 Å². The van der Waals surface area contributed by atoms with Gasteiger partial charge < -0.3 is 4.90 Å². The van der Waals surface area contributed by atoms with Crippen molar-refractivity contribution in [3.05, 3.63) is 27.2 Å². The maximum Gasteiger partial charge on any atom is 0.252 e. The summed E-state index contributed by atoms with van der Waals surface area (Å²) in [6.07, 6.45) is 0. The molecule has 2 N–H and O–H groups in total. The lowest BCUT2D eigenvalue weighted by Crippen LogP contribution is -2.47. The molecule has 0 aromatic heterocycles. The molecule has 5 nitrogen and oxygen atoms in total. The second kappa shape index (κ2) is 7.90. The van der Waals surface area contributed by atoms with E-state index in [1.54, 1.807) is 12.1 Å². The van der Waals surface area contributed by atoms with Gasteiger partial charge in [0.2, 0.25) is 0 Å². The number of hydrazine groups is 1. The summed E-state index contributed by atoms with van der Waals surface area (Å²) in [6, 6.07) is 3.08. The fraction of sp³-hybridized carbons (Fsp3) is 0.333. The van der Waals surface area contributed by atoms with Gasteiger partial charge in [0.1, 0.15) is 4.32 Å². The van der Waals surface area contributed by atoms with Crippen molar-refractivity contribution >= 4 is 74.7 Å². The highest BCUT2D eigenvalue weighted by Crippen LogP contribution is 2.33. The quantitative estimate of drug-likeness (QED) is 0.598. The van der Waals surface area contributed by atoms with Crippen molar-refractivity contribution in [2.75, 3.05) is 31.6 Å². The summed E-state index contributed by atoms with van der Waals surface area (Å²) < 4.78 is 0.828. The Bertz CT molecular complexity index is 579. The summed E-state index contributed by atoms with van der Waals surface area (Å²) in [7, 11) is 1.89. The molecule has 1 amide bonds. The minimum absolute atomic E-state index is 0.205. The zero-order chi connectivity index (χ0) is 16.3. The number of thioether (sulfide) groups is 1. The molecule has 2 rings (SSSR count). The van der Waals surface area contributed by atoms with Crippen LogP contribution in [0.4, 0.5) is 5.69 Å². The van der Waals surface area contributed by atoms with E-state index in [0.717, 1.165) is 4.32 Å². The van der Waals surface area contributed by atoms with Crippen molar-refractivity contribution in [2.24, 2.45) is 0 Å². The summed E-state index contributed by atoms with van der Waals surface area (Å²) in [5.41, 5.74) is 5.70. The van der Waals surface area contributed by atoms with Gasteiger partial charge in [-0.05, 0) is 12.1 Å². The molecule has 1 heterocycles. The smallest absolute Gasteiger partial charge is 0.252 e. The Kier molecular flexibility index (Phi) is 6.43. The van der Waals surface area contributed by atoms with Crippen molar-refractivity contribution < 1.29 is 4.79 Å². The van der Waals surface area contributed by atoms with Crippen molar-refractivity contribution in [3.63, 3.8) is 0 Å². The number of nitrogens with one attached hydrogen (secondary N) is 2. The number of carbonyl (C=O) groups excluding carboxylic acids is 1. The van der Waals surface area contributed by atoms with Crippen molar-refractivity contribution in [3.8, 4) is 0 Å². The van der Waals surface area contributed by atoms with E-state index >= 15 is 0 Å². The molecule has 1 aromatic rings. The van der Waals surface area contributed by atoms with Crippen LogP contribution >= 0.6 is 58.8 Å². The number of anilines is 1. The number of halogens is 3. The largest absolute Gasteiger partial charge is 0.348 e. The zero-order valence-electron chi connectivity index (χ0n) is 11.5. The molecule has 0 aliphatic carbocycles. The number of benzene rings is 1. The standard InChI is InChI=1S/C12H13Cl3N4OS2/c1-18-5-19(6-22-12(18)21)4-10(20)16-17-11-8(14)2-7(13)3-9(11)15/h2-3,17H,4-6H2,1H3,(H,16,20). The van der Waals surface area contributed by atoms with Crippen LogP contribution < -0.4 is 10.9 Å². The number of hydrogen-bond acceptors (Lipinski definition) is 5. The Morgan fingerprint density at radius 3 is 2.59 bits per heavy atom. The molecule has 0 unspecified atom stereocenters. The second-order valence-corrected chi connectivity index (χ2v) is 7.45. The van der Waals surface area contributed by atoms with Gasteiger partial charge in [-0.25, -0.2) is 0 Å². The zero-order valence-corrected chi connectivity index (χ0v) is 15.4. The van der Waals surface area contributed by atoms with Gasteiger partial charge in [0, 0.05) is 12.1 Å². The first-order valence-corrected chi connectivity index (χ1v) is 8.69. The van der Waals surface area contributed by atoms with Gasteiger partial charge in [-0.1, -0.05) is 58.8 Å². The molecule has 1 aromatic carbocycles. The first kappa shape index (κ1) is 17.9. The third-order valence-corrected chi connectivity index (χ3v) is 5.33. The van der Waals surface area contributed by atoms with E-state index in [1.807, 2.05) is 16.8 Å². The number of amides is 1. The summed E-state index contributed by atoms with van der Waals surface area (Å²) >= 11 is 24.6. The molecule has 0 radical (unpaired) electrons. The predicted molar refractivity (Wildman–Crippen MR) is 97.6 cm³/mol. The van der Waals surface area contributed by atoms with Gasteiger partial charge in [0.15, 0.2) is 0 Å². The molecule has 0 saturated carbocycles. The molecule has 22 heavy (non-hydrogen) atoms. The number of rotatable bonds is 4. The van der Waals surface area contributed by atoms with Crippen LogP contribution in [0.15, 0.2) is 12.1 Å². The van der Waals surface area contributed by atoms with E-state index in [2.05, 4.69) is 10.9 Å². The molecule has 0 spiro atoms. The topological polar surface area (TPSA) is 47.6 Å². The highest BCUT2D eigenvalue weighted by molar-refractivity contribution is 8.22. The predicted octanol–water partition coefficient (Wildman–Crippen LogP) is 3.27. The molecule has 0 atom stereocenters. The molecule has 0 bridgehead atoms. The Morgan fingerprint density at radius 2 is 2.00 bits per heavy atom. The van der Waals surface area contributed by atoms with Gasteiger partial charge in [-0.15, -0.1) is 0 Å². The lowest BCUT2D eigenvalue weighted by atomic mass is 10.3. The van der Waals surface area contributed by atoms with Gasteiger partial charge in [0.05, 0.1) is 34.8 Å². The van der Waals surface area contributed by atoms with Gasteiger partial charge in [-0.2, -0.15) is 0 Å². The van der Waals surface area contributed by atoms with E-state index in [-0.39, 0.29) is 12.5 Å². The molecule has 1 aliphatic rings. The highest BCUT2D eigenvalue weighted by atomic mass is 35.5.